The highest BCUT2D eigenvalue weighted by Gasteiger charge is 2.80. The molecule has 11 nitrogen and oxygen atoms in total. The largest absolute Gasteiger partial charge is 0.394 e. The Balaban J connectivity index is 1.36. The monoisotopic (exact) mass is 546 g/mol. The van der Waals surface area contributed by atoms with Crippen molar-refractivity contribution >= 4 is 34.4 Å². The number of carbonyl (C=O) groups is 3. The van der Waals surface area contributed by atoms with Crippen LogP contribution in [0.3, 0.4) is 0 Å². The predicted molar refractivity (Wildman–Crippen MR) is 146 cm³/mol. The van der Waals surface area contributed by atoms with Gasteiger partial charge in [0.05, 0.1) is 35.6 Å². The Morgan fingerprint density at radius 3 is 2.60 bits per heavy atom. The molecule has 2 bridgehead atoms. The van der Waals surface area contributed by atoms with E-state index in [4.69, 9.17) is 4.74 Å². The summed E-state index contributed by atoms with van der Waals surface area (Å²) in [5, 5.41) is 24.4. The summed E-state index contributed by atoms with van der Waals surface area (Å²) in [5.41, 5.74) is -0.0597. The van der Waals surface area contributed by atoms with Gasteiger partial charge in [-0.1, -0.05) is 49.4 Å². The van der Waals surface area contributed by atoms with Gasteiger partial charge in [0.1, 0.15) is 23.8 Å². The number of para-hydroxylation sites is 2. The Morgan fingerprint density at radius 1 is 1.15 bits per heavy atom. The number of hydrogen-bond acceptors (Lipinski definition) is 7. The van der Waals surface area contributed by atoms with E-state index in [0.717, 1.165) is 5.52 Å². The van der Waals surface area contributed by atoms with Gasteiger partial charge in [-0.15, -0.1) is 5.10 Å². The second-order valence-electron chi connectivity index (χ2n) is 11.3. The summed E-state index contributed by atoms with van der Waals surface area (Å²) in [6, 6.07) is 14.9. The summed E-state index contributed by atoms with van der Waals surface area (Å²) in [4.78, 5) is 43.5. The van der Waals surface area contributed by atoms with E-state index in [1.165, 1.54) is 4.90 Å². The number of aliphatic hydroxyl groups is 1. The maximum Gasteiger partial charge on any atom is 0.247 e. The van der Waals surface area contributed by atoms with Crippen LogP contribution in [0.25, 0.3) is 11.0 Å². The van der Waals surface area contributed by atoms with Gasteiger partial charge < -0.3 is 25.4 Å². The molecule has 1 aromatic heterocycles. The molecule has 2 aromatic carbocycles. The number of benzene rings is 2. The van der Waals surface area contributed by atoms with Gasteiger partial charge in [0.2, 0.25) is 17.7 Å². The van der Waals surface area contributed by atoms with Crippen LogP contribution in [0.15, 0.2) is 54.6 Å². The highest BCUT2D eigenvalue weighted by molar-refractivity contribution is 6.02. The van der Waals surface area contributed by atoms with E-state index in [9.17, 15) is 19.5 Å². The van der Waals surface area contributed by atoms with Crippen LogP contribution in [0, 0.1) is 17.8 Å². The van der Waals surface area contributed by atoms with E-state index in [-0.39, 0.29) is 31.0 Å². The summed E-state index contributed by atoms with van der Waals surface area (Å²) in [6.45, 7) is 5.46. The first-order valence-electron chi connectivity index (χ1n) is 13.8. The third kappa shape index (κ3) is 3.75. The van der Waals surface area contributed by atoms with E-state index >= 15 is 0 Å². The number of carbonyl (C=O) groups excluding carboxylic acids is 3. The number of nitrogens with zero attached hydrogens (tertiary/aromatic N) is 4. The number of amides is 3. The second kappa shape index (κ2) is 9.67. The zero-order valence-electron chi connectivity index (χ0n) is 22.8. The van der Waals surface area contributed by atoms with Crippen LogP contribution < -0.4 is 10.6 Å². The number of aliphatic hydroxyl groups excluding tert-OH is 1. The fourth-order valence-corrected chi connectivity index (χ4v) is 7.21. The lowest BCUT2D eigenvalue weighted by molar-refractivity contribution is -0.150. The van der Waals surface area contributed by atoms with Gasteiger partial charge in [0, 0.05) is 5.69 Å². The molecule has 3 N–H and O–H groups in total. The summed E-state index contributed by atoms with van der Waals surface area (Å²) in [6.07, 6.45) is 0.883. The number of hydrogen-bond donors (Lipinski definition) is 3. The molecule has 3 aliphatic heterocycles. The van der Waals surface area contributed by atoms with Crippen LogP contribution >= 0.6 is 0 Å². The van der Waals surface area contributed by atoms with Gasteiger partial charge in [0.15, 0.2) is 0 Å². The molecule has 3 amide bonds. The highest BCUT2D eigenvalue weighted by Crippen LogP contribution is 2.65. The van der Waals surface area contributed by atoms with Crippen molar-refractivity contribution in [3.8, 4) is 0 Å². The quantitative estimate of drug-likeness (QED) is 0.392. The average Bonchev–Trinajstić information content (AvgIpc) is 3.62. The molecule has 3 unspecified atom stereocenters. The number of rotatable bonds is 8. The highest BCUT2D eigenvalue weighted by atomic mass is 16.5. The molecule has 3 saturated heterocycles. The van der Waals surface area contributed by atoms with E-state index < -0.39 is 41.0 Å². The molecule has 40 heavy (non-hydrogen) atoms. The van der Waals surface area contributed by atoms with Gasteiger partial charge in [-0.2, -0.15) is 0 Å². The lowest BCUT2D eigenvalue weighted by atomic mass is 9.62. The summed E-state index contributed by atoms with van der Waals surface area (Å²) < 4.78 is 8.32. The molecule has 3 fully saturated rings. The SMILES string of the molecule is CC[C@@H](CO)N1C(=O)[C@@H]2[C@@H](C(=O)Nc3ccccc3)[C@]3(C)OC2(CC3C)C1C(=O)NCn1nnc2ccccc21. The Bertz CT molecular complexity index is 1460. The van der Waals surface area contributed by atoms with Crippen LogP contribution in [0.1, 0.15) is 33.6 Å². The van der Waals surface area contributed by atoms with Crippen LogP contribution in [0.5, 0.6) is 0 Å². The Kier molecular flexibility index (Phi) is 6.38. The summed E-state index contributed by atoms with van der Waals surface area (Å²) in [7, 11) is 0. The van der Waals surface area contributed by atoms with Gasteiger partial charge in [-0.3, -0.25) is 14.4 Å². The van der Waals surface area contributed by atoms with Crippen molar-refractivity contribution in [2.75, 3.05) is 11.9 Å². The summed E-state index contributed by atoms with van der Waals surface area (Å²) in [5.74, 6) is -2.82. The molecule has 3 aromatic rings. The molecule has 0 aliphatic carbocycles. The average molecular weight is 547 g/mol. The van der Waals surface area contributed by atoms with Gasteiger partial charge in [-0.25, -0.2) is 4.68 Å². The molecule has 4 heterocycles. The fraction of sp³-hybridized carbons (Fsp3) is 0.483. The van der Waals surface area contributed by atoms with Gasteiger partial charge in [0.25, 0.3) is 0 Å². The maximum atomic E-state index is 14.2. The zero-order valence-corrected chi connectivity index (χ0v) is 22.8. The van der Waals surface area contributed by atoms with Crippen LogP contribution in [0.4, 0.5) is 5.69 Å². The molecule has 7 atom stereocenters. The van der Waals surface area contributed by atoms with Crippen molar-refractivity contribution < 1.29 is 24.2 Å². The Morgan fingerprint density at radius 2 is 1.88 bits per heavy atom. The first-order valence-corrected chi connectivity index (χ1v) is 13.8. The van der Waals surface area contributed by atoms with Crippen LogP contribution in [-0.4, -0.2) is 72.6 Å². The van der Waals surface area contributed by atoms with Crippen molar-refractivity contribution in [2.24, 2.45) is 17.8 Å². The van der Waals surface area contributed by atoms with E-state index in [0.29, 0.717) is 24.0 Å². The number of likely N-dealkylation sites (tertiary alicyclic amines) is 1. The molecule has 0 saturated carbocycles. The van der Waals surface area contributed by atoms with Crippen molar-refractivity contribution in [3.05, 3.63) is 54.6 Å². The molecule has 6 rings (SSSR count). The summed E-state index contributed by atoms with van der Waals surface area (Å²) >= 11 is 0. The third-order valence-corrected chi connectivity index (χ3v) is 9.22. The Hall–Kier alpha value is -3.83. The zero-order chi connectivity index (χ0) is 28.2. The third-order valence-electron chi connectivity index (χ3n) is 9.22. The van der Waals surface area contributed by atoms with Crippen molar-refractivity contribution in [1.29, 1.82) is 0 Å². The van der Waals surface area contributed by atoms with Gasteiger partial charge in [-0.05, 0) is 49.9 Å². The van der Waals surface area contributed by atoms with E-state index in [1.54, 1.807) is 16.8 Å². The molecule has 210 valence electrons. The Labute approximate surface area is 231 Å². The second-order valence-corrected chi connectivity index (χ2v) is 11.3. The number of nitrogens with one attached hydrogen (secondary N) is 2. The predicted octanol–water partition coefficient (Wildman–Crippen LogP) is 1.93. The van der Waals surface area contributed by atoms with Crippen molar-refractivity contribution in [2.45, 2.75) is 63.6 Å². The minimum atomic E-state index is -1.21. The normalized spacial score (nSPS) is 31.4. The molecule has 11 heteroatoms. The van der Waals surface area contributed by atoms with E-state index in [2.05, 4.69) is 20.9 Å². The molecule has 0 radical (unpaired) electrons. The molecular weight excluding hydrogens is 512 g/mol. The number of ether oxygens (including phenoxy) is 1. The first kappa shape index (κ1) is 26.4. The maximum absolute atomic E-state index is 14.2. The minimum Gasteiger partial charge on any atom is -0.394 e. The van der Waals surface area contributed by atoms with Crippen molar-refractivity contribution in [1.82, 2.24) is 25.2 Å². The van der Waals surface area contributed by atoms with Crippen LogP contribution in [-0.2, 0) is 25.8 Å². The topological polar surface area (TPSA) is 139 Å². The standard InChI is InChI=1S/C29H34N6O5/c1-4-19(15-36)35-24(26(38)30-16-34-21-13-9-8-12-20(21)32-33-34)29-14-17(2)28(3,40-29)22(23(29)27(35)39)25(37)31-18-10-6-5-7-11-18/h5-13,17,19,22-24,36H,4,14-16H2,1-3H3,(H,30,38)(H,31,37)/t17?,19-,22-,23-,24?,28+,29?/m0/s1. The molecule has 3 aliphatic rings. The number of fused-ring (bicyclic) bond motifs is 2. The smallest absolute Gasteiger partial charge is 0.247 e. The van der Waals surface area contributed by atoms with Crippen molar-refractivity contribution in [3.63, 3.8) is 0 Å². The number of anilines is 1. The van der Waals surface area contributed by atoms with Crippen LogP contribution in [0.2, 0.25) is 0 Å². The van der Waals surface area contributed by atoms with E-state index in [1.807, 2.05) is 63.2 Å². The fourth-order valence-electron chi connectivity index (χ4n) is 7.21. The molecular formula is C29H34N6O5. The first-order chi connectivity index (χ1) is 19.2. The van der Waals surface area contributed by atoms with Gasteiger partial charge >= 0.3 is 0 Å². The lowest BCUT2D eigenvalue weighted by Crippen LogP contribution is -2.58. The number of aromatic nitrogens is 3. The molecule has 1 spiro atoms. The minimum absolute atomic E-state index is 0.0410. The lowest BCUT2D eigenvalue weighted by Gasteiger charge is -2.36.